The van der Waals surface area contributed by atoms with E-state index in [0.29, 0.717) is 12.8 Å². The second kappa shape index (κ2) is 36.3. The van der Waals surface area contributed by atoms with Gasteiger partial charge in [0.1, 0.15) is 31.0 Å². The van der Waals surface area contributed by atoms with Crippen molar-refractivity contribution in [3.8, 4) is 0 Å². The second-order valence-electron chi connectivity index (χ2n) is 15.2. The number of hydrogen-bond donors (Lipinski definition) is 4. The summed E-state index contributed by atoms with van der Waals surface area (Å²) in [6.07, 6.45) is 32.9. The van der Waals surface area contributed by atoms with Crippen molar-refractivity contribution in [1.29, 1.82) is 0 Å². The monoisotopic (exact) mass is 781 g/mol. The molecule has 0 radical (unpaired) electrons. The fraction of sp³-hybridized carbons (Fsp3) is 0.822. The van der Waals surface area contributed by atoms with E-state index >= 15 is 0 Å². The van der Waals surface area contributed by atoms with Gasteiger partial charge < -0.3 is 39.4 Å². The normalized spacial score (nSPS) is 20.9. The Morgan fingerprint density at radius 2 is 1.04 bits per heavy atom. The van der Waals surface area contributed by atoms with Crippen LogP contribution in [0.4, 0.5) is 0 Å². The first-order valence-corrected chi connectivity index (χ1v) is 22.1. The van der Waals surface area contributed by atoms with Crippen molar-refractivity contribution >= 4 is 11.9 Å². The van der Waals surface area contributed by atoms with Crippen LogP contribution in [-0.2, 0) is 28.5 Å². The van der Waals surface area contributed by atoms with Crippen LogP contribution in [0.2, 0.25) is 0 Å². The number of carbonyl (C=O) groups excluding carboxylic acids is 2. The van der Waals surface area contributed by atoms with Crippen molar-refractivity contribution in [3.63, 3.8) is 0 Å². The lowest BCUT2D eigenvalue weighted by molar-refractivity contribution is -0.305. The standard InChI is InChI=1S/C45H80O10/c1-3-5-7-9-11-13-15-17-19-21-23-25-27-29-31-33-40(47)52-36-38(37-53-45-44(51)43(50)42(49)39(35-46)55-45)54-41(48)34-32-30-28-26-24-22-20-18-16-14-12-10-8-6-4-2/h10,12-13,15,17,19,38-39,42-46,49-51H,3-9,11,14,16,18,20-37H2,1-2H3/b12-10+,15-13+,19-17+/t38-,39-,42+,43?,44?,45-/m0/s1. The molecule has 55 heavy (non-hydrogen) atoms. The Labute approximate surface area is 334 Å². The maximum absolute atomic E-state index is 12.8. The highest BCUT2D eigenvalue weighted by Crippen LogP contribution is 2.22. The van der Waals surface area contributed by atoms with Crippen molar-refractivity contribution in [2.45, 2.75) is 218 Å². The van der Waals surface area contributed by atoms with E-state index in [0.717, 1.165) is 57.8 Å². The van der Waals surface area contributed by atoms with Crippen LogP contribution in [-0.4, -0.2) is 89.0 Å². The van der Waals surface area contributed by atoms with Gasteiger partial charge in [-0.25, -0.2) is 0 Å². The molecule has 0 aromatic rings. The van der Waals surface area contributed by atoms with E-state index in [9.17, 15) is 30.0 Å². The van der Waals surface area contributed by atoms with Gasteiger partial charge in [0.2, 0.25) is 0 Å². The van der Waals surface area contributed by atoms with Crippen LogP contribution in [0.15, 0.2) is 36.5 Å². The zero-order valence-electron chi connectivity index (χ0n) is 34.7. The number of rotatable bonds is 36. The van der Waals surface area contributed by atoms with Gasteiger partial charge in [-0.3, -0.25) is 9.59 Å². The molecule has 1 aliphatic rings. The molecule has 10 heteroatoms. The molecular weight excluding hydrogens is 700 g/mol. The highest BCUT2D eigenvalue weighted by Gasteiger charge is 2.44. The Kier molecular flexibility index (Phi) is 33.6. The molecule has 0 aromatic heterocycles. The summed E-state index contributed by atoms with van der Waals surface area (Å²) < 4.78 is 22.1. The number of unbranched alkanes of at least 4 members (excludes halogenated alkanes) is 20. The molecule has 10 nitrogen and oxygen atoms in total. The van der Waals surface area contributed by atoms with Gasteiger partial charge in [0.05, 0.1) is 13.2 Å². The first-order valence-electron chi connectivity index (χ1n) is 22.1. The average molecular weight is 781 g/mol. The van der Waals surface area contributed by atoms with E-state index in [-0.39, 0.29) is 26.1 Å². The zero-order chi connectivity index (χ0) is 40.2. The minimum Gasteiger partial charge on any atom is -0.462 e. The van der Waals surface area contributed by atoms with Crippen LogP contribution in [0.5, 0.6) is 0 Å². The van der Waals surface area contributed by atoms with E-state index < -0.39 is 55.4 Å². The molecule has 320 valence electrons. The molecule has 0 amide bonds. The van der Waals surface area contributed by atoms with Crippen LogP contribution >= 0.6 is 0 Å². The Morgan fingerprint density at radius 1 is 0.564 bits per heavy atom. The van der Waals surface area contributed by atoms with Gasteiger partial charge in [-0.15, -0.1) is 0 Å². The van der Waals surface area contributed by atoms with Gasteiger partial charge in [-0.2, -0.15) is 0 Å². The molecule has 1 aliphatic heterocycles. The smallest absolute Gasteiger partial charge is 0.306 e. The average Bonchev–Trinajstić information content (AvgIpc) is 3.18. The Balaban J connectivity index is 2.35. The van der Waals surface area contributed by atoms with Crippen LogP contribution in [0.3, 0.4) is 0 Å². The molecule has 1 heterocycles. The van der Waals surface area contributed by atoms with Gasteiger partial charge in [0, 0.05) is 12.8 Å². The van der Waals surface area contributed by atoms with E-state index in [1.807, 2.05) is 0 Å². The Bertz CT molecular complexity index is 996. The van der Waals surface area contributed by atoms with Crippen LogP contribution in [0, 0.1) is 0 Å². The number of carbonyl (C=O) groups is 2. The number of hydrogen-bond acceptors (Lipinski definition) is 10. The summed E-state index contributed by atoms with van der Waals surface area (Å²) in [5.41, 5.74) is 0. The first kappa shape index (κ1) is 50.9. The fourth-order valence-electron chi connectivity index (χ4n) is 6.45. The topological polar surface area (TPSA) is 152 Å². The highest BCUT2D eigenvalue weighted by atomic mass is 16.7. The lowest BCUT2D eigenvalue weighted by Gasteiger charge is -2.39. The van der Waals surface area contributed by atoms with Crippen molar-refractivity contribution in [2.75, 3.05) is 19.8 Å². The minimum absolute atomic E-state index is 0.224. The predicted octanol–water partition coefficient (Wildman–Crippen LogP) is 9.11. The summed E-state index contributed by atoms with van der Waals surface area (Å²) in [4.78, 5) is 25.3. The van der Waals surface area contributed by atoms with Crippen LogP contribution in [0.25, 0.3) is 0 Å². The van der Waals surface area contributed by atoms with E-state index in [1.165, 1.54) is 83.5 Å². The number of allylic oxidation sites excluding steroid dienone is 6. The molecule has 6 atom stereocenters. The molecule has 0 spiro atoms. The molecule has 4 N–H and O–H groups in total. The van der Waals surface area contributed by atoms with Crippen LogP contribution < -0.4 is 0 Å². The summed E-state index contributed by atoms with van der Waals surface area (Å²) in [6.45, 7) is 3.35. The SMILES string of the molecule is CCCC/C=C/CCCCCCCCCCCC(=O)O[C@@H](COC(=O)CCCCCCC/C=C/C=C/CCCCCC)CO[C@H]1O[C@@H](CO)[C@@H](O)C(O)C1O. The van der Waals surface area contributed by atoms with Gasteiger partial charge in [0.25, 0.3) is 0 Å². The molecular formula is C45H80O10. The highest BCUT2D eigenvalue weighted by molar-refractivity contribution is 5.70. The number of aliphatic hydroxyl groups is 4. The fourth-order valence-corrected chi connectivity index (χ4v) is 6.45. The number of ether oxygens (including phenoxy) is 4. The lowest BCUT2D eigenvalue weighted by Crippen LogP contribution is -2.59. The minimum atomic E-state index is -1.60. The second-order valence-corrected chi connectivity index (χ2v) is 15.2. The molecule has 0 aromatic carbocycles. The molecule has 0 bridgehead atoms. The summed E-state index contributed by atoms with van der Waals surface area (Å²) in [7, 11) is 0. The Hall–Kier alpha value is -2.08. The summed E-state index contributed by atoms with van der Waals surface area (Å²) in [5.74, 6) is -0.826. The van der Waals surface area contributed by atoms with E-state index in [1.54, 1.807) is 0 Å². The van der Waals surface area contributed by atoms with Crippen molar-refractivity contribution in [2.24, 2.45) is 0 Å². The predicted molar refractivity (Wildman–Crippen MR) is 219 cm³/mol. The maximum atomic E-state index is 12.8. The third-order valence-electron chi connectivity index (χ3n) is 10.0. The summed E-state index contributed by atoms with van der Waals surface area (Å²) in [6, 6.07) is 0. The van der Waals surface area contributed by atoms with Gasteiger partial charge in [-0.05, 0) is 57.8 Å². The number of aliphatic hydroxyl groups excluding tert-OH is 4. The Morgan fingerprint density at radius 3 is 1.58 bits per heavy atom. The van der Waals surface area contributed by atoms with E-state index in [2.05, 4.69) is 50.3 Å². The van der Waals surface area contributed by atoms with Gasteiger partial charge >= 0.3 is 11.9 Å². The molecule has 0 saturated carbocycles. The molecule has 1 rings (SSSR count). The molecule has 2 unspecified atom stereocenters. The third kappa shape index (κ3) is 28.0. The molecule has 0 aliphatic carbocycles. The van der Waals surface area contributed by atoms with Crippen LogP contribution in [0.1, 0.15) is 181 Å². The third-order valence-corrected chi connectivity index (χ3v) is 10.0. The largest absolute Gasteiger partial charge is 0.462 e. The van der Waals surface area contributed by atoms with Gasteiger partial charge in [-0.1, -0.05) is 147 Å². The van der Waals surface area contributed by atoms with Crippen molar-refractivity contribution in [3.05, 3.63) is 36.5 Å². The quantitative estimate of drug-likeness (QED) is 0.0210. The maximum Gasteiger partial charge on any atom is 0.306 e. The van der Waals surface area contributed by atoms with Crippen molar-refractivity contribution < 1.29 is 49.0 Å². The lowest BCUT2D eigenvalue weighted by atomic mass is 9.99. The molecule has 1 fully saturated rings. The first-order chi connectivity index (χ1) is 26.8. The van der Waals surface area contributed by atoms with Gasteiger partial charge in [0.15, 0.2) is 12.4 Å². The summed E-state index contributed by atoms with van der Waals surface area (Å²) >= 11 is 0. The zero-order valence-corrected chi connectivity index (χ0v) is 34.7. The van der Waals surface area contributed by atoms with E-state index in [4.69, 9.17) is 18.9 Å². The number of esters is 2. The van der Waals surface area contributed by atoms with Crippen molar-refractivity contribution in [1.82, 2.24) is 0 Å². The summed E-state index contributed by atoms with van der Waals surface area (Å²) in [5, 5.41) is 40.0. The molecule has 1 saturated heterocycles.